The molecule has 2 N–H and O–H groups in total. The molecule has 3 aromatic rings. The smallest absolute Gasteiger partial charge is 0.281 e. The molecule has 27 heavy (non-hydrogen) atoms. The number of carbonyl (C=O) groups is 2. The molecule has 1 aromatic heterocycles. The highest BCUT2D eigenvalue weighted by atomic mass is 35.5. The molecule has 0 aliphatic heterocycles. The molecule has 0 fully saturated rings. The Morgan fingerprint density at radius 1 is 1.11 bits per heavy atom. The lowest BCUT2D eigenvalue weighted by Gasteiger charge is -2.04. The topological polar surface area (TPSA) is 67.4 Å². The van der Waals surface area contributed by atoms with Gasteiger partial charge in [0.05, 0.1) is 11.6 Å². The second-order valence-corrected chi connectivity index (χ2v) is 6.95. The number of hydrazine groups is 1. The van der Waals surface area contributed by atoms with Gasteiger partial charge in [-0.05, 0) is 36.8 Å². The summed E-state index contributed by atoms with van der Waals surface area (Å²) in [4.78, 5) is 24.5. The van der Waals surface area contributed by atoms with Crippen molar-refractivity contribution in [2.45, 2.75) is 6.92 Å². The number of halogens is 1. The van der Waals surface area contributed by atoms with E-state index in [0.717, 1.165) is 21.4 Å². The van der Waals surface area contributed by atoms with Gasteiger partial charge in [-0.3, -0.25) is 20.4 Å². The molecule has 0 bridgehead atoms. The molecule has 1 heterocycles. The van der Waals surface area contributed by atoms with Gasteiger partial charge in [0.1, 0.15) is 10.6 Å². The number of hydrogen-bond acceptors (Lipinski definition) is 4. The first kappa shape index (κ1) is 18.9. The van der Waals surface area contributed by atoms with Crippen LogP contribution in [0.4, 0.5) is 0 Å². The third-order valence-electron chi connectivity index (χ3n) is 3.66. The van der Waals surface area contributed by atoms with E-state index in [1.165, 1.54) is 17.4 Å². The first-order valence-electron chi connectivity index (χ1n) is 8.26. The first-order valence-corrected chi connectivity index (χ1v) is 9.46. The van der Waals surface area contributed by atoms with Crippen molar-refractivity contribution in [1.82, 2.24) is 10.9 Å². The van der Waals surface area contributed by atoms with Crippen LogP contribution in [0.5, 0.6) is 5.75 Å². The van der Waals surface area contributed by atoms with Gasteiger partial charge in [0.2, 0.25) is 0 Å². The molecule has 0 radical (unpaired) electrons. The van der Waals surface area contributed by atoms with Crippen LogP contribution in [0.1, 0.15) is 22.2 Å². The molecule has 0 saturated heterocycles. The van der Waals surface area contributed by atoms with E-state index in [1.54, 1.807) is 6.08 Å². The lowest BCUT2D eigenvalue weighted by molar-refractivity contribution is -0.117. The molecule has 5 nitrogen and oxygen atoms in total. The van der Waals surface area contributed by atoms with Gasteiger partial charge >= 0.3 is 0 Å². The maximum absolute atomic E-state index is 12.3. The number of carbonyl (C=O) groups excluding carboxylic acids is 2. The number of amides is 2. The van der Waals surface area contributed by atoms with Crippen molar-refractivity contribution in [3.8, 4) is 5.75 Å². The molecule has 0 saturated carbocycles. The van der Waals surface area contributed by atoms with Crippen molar-refractivity contribution < 1.29 is 14.3 Å². The monoisotopic (exact) mass is 400 g/mol. The highest BCUT2D eigenvalue weighted by molar-refractivity contribution is 7.21. The van der Waals surface area contributed by atoms with E-state index in [-0.39, 0.29) is 0 Å². The SMILES string of the molecule is CCOc1ccc(/C=C/C(=O)NNC(=O)c2sc3ccccc3c2Cl)cc1. The summed E-state index contributed by atoms with van der Waals surface area (Å²) in [5.41, 5.74) is 5.57. The Morgan fingerprint density at radius 2 is 1.85 bits per heavy atom. The zero-order valence-electron chi connectivity index (χ0n) is 14.5. The maximum Gasteiger partial charge on any atom is 0.281 e. The Labute approximate surface area is 165 Å². The van der Waals surface area contributed by atoms with Crippen molar-refractivity contribution in [2.24, 2.45) is 0 Å². The summed E-state index contributed by atoms with van der Waals surface area (Å²) in [5, 5.41) is 1.20. The largest absolute Gasteiger partial charge is 0.494 e. The number of ether oxygens (including phenoxy) is 1. The predicted octanol–water partition coefficient (Wildman–Crippen LogP) is 4.43. The van der Waals surface area contributed by atoms with Crippen molar-refractivity contribution in [1.29, 1.82) is 0 Å². The number of hydrogen-bond donors (Lipinski definition) is 2. The minimum atomic E-state index is -0.455. The fourth-order valence-electron chi connectivity index (χ4n) is 2.39. The average molecular weight is 401 g/mol. The maximum atomic E-state index is 12.3. The predicted molar refractivity (Wildman–Crippen MR) is 109 cm³/mol. The second-order valence-electron chi connectivity index (χ2n) is 5.52. The number of benzene rings is 2. The Morgan fingerprint density at radius 3 is 2.56 bits per heavy atom. The zero-order chi connectivity index (χ0) is 19.2. The van der Waals surface area contributed by atoms with Crippen LogP contribution in [0, 0.1) is 0 Å². The van der Waals surface area contributed by atoms with Gasteiger partial charge in [0.15, 0.2) is 0 Å². The second kappa shape index (κ2) is 8.70. The Balaban J connectivity index is 1.58. The summed E-state index contributed by atoms with van der Waals surface area (Å²) >= 11 is 7.53. The molecule has 0 atom stereocenters. The fourth-order valence-corrected chi connectivity index (χ4v) is 3.80. The highest BCUT2D eigenvalue weighted by Crippen LogP contribution is 2.34. The third-order valence-corrected chi connectivity index (χ3v) is 5.33. The lowest BCUT2D eigenvalue weighted by Crippen LogP contribution is -2.40. The molecule has 2 aromatic carbocycles. The van der Waals surface area contributed by atoms with Gasteiger partial charge < -0.3 is 4.74 Å². The van der Waals surface area contributed by atoms with Crippen LogP contribution in [0.3, 0.4) is 0 Å². The van der Waals surface area contributed by atoms with E-state index in [4.69, 9.17) is 16.3 Å². The van der Waals surface area contributed by atoms with Gasteiger partial charge in [-0.1, -0.05) is 41.9 Å². The standard InChI is InChI=1S/C20H17ClN2O3S/c1-2-26-14-10-7-13(8-11-14)9-12-17(24)22-23-20(25)19-18(21)15-5-3-4-6-16(15)27-19/h3-12H,2H2,1H3,(H,22,24)(H,23,25)/b12-9+. The molecule has 0 spiro atoms. The molecule has 0 aliphatic carbocycles. The lowest BCUT2D eigenvalue weighted by atomic mass is 10.2. The summed E-state index contributed by atoms with van der Waals surface area (Å²) in [6, 6.07) is 14.8. The van der Waals surface area contributed by atoms with Crippen molar-refractivity contribution in [2.75, 3.05) is 6.61 Å². The minimum Gasteiger partial charge on any atom is -0.494 e. The van der Waals surface area contributed by atoms with Crippen molar-refractivity contribution in [3.05, 3.63) is 70.1 Å². The quantitative estimate of drug-likeness (QED) is 0.492. The number of rotatable bonds is 5. The van der Waals surface area contributed by atoms with Crippen LogP contribution >= 0.6 is 22.9 Å². The summed E-state index contributed by atoms with van der Waals surface area (Å²) in [6.07, 6.45) is 2.98. The summed E-state index contributed by atoms with van der Waals surface area (Å²) < 4.78 is 6.28. The molecule has 2 amide bonds. The number of thiophene rings is 1. The molecule has 0 aliphatic rings. The molecule has 7 heteroatoms. The van der Waals surface area contributed by atoms with Crippen LogP contribution in [0.25, 0.3) is 16.2 Å². The van der Waals surface area contributed by atoms with E-state index in [0.29, 0.717) is 16.5 Å². The number of fused-ring (bicyclic) bond motifs is 1. The van der Waals surface area contributed by atoms with E-state index < -0.39 is 11.8 Å². The molecule has 0 unspecified atom stereocenters. The Bertz CT molecular complexity index is 996. The molecular formula is C20H17ClN2O3S. The fraction of sp³-hybridized carbons (Fsp3) is 0.100. The Hall–Kier alpha value is -2.83. The summed E-state index contributed by atoms with van der Waals surface area (Å²) in [6.45, 7) is 2.51. The van der Waals surface area contributed by atoms with Gasteiger partial charge in [-0.15, -0.1) is 11.3 Å². The van der Waals surface area contributed by atoms with Gasteiger partial charge in [-0.25, -0.2) is 0 Å². The van der Waals surface area contributed by atoms with Crippen LogP contribution in [0.15, 0.2) is 54.6 Å². The van der Waals surface area contributed by atoms with Crippen molar-refractivity contribution in [3.63, 3.8) is 0 Å². The van der Waals surface area contributed by atoms with Gasteiger partial charge in [-0.2, -0.15) is 0 Å². The molecule has 3 rings (SSSR count). The van der Waals surface area contributed by atoms with Crippen LogP contribution < -0.4 is 15.6 Å². The van der Waals surface area contributed by atoms with Crippen LogP contribution in [-0.2, 0) is 4.79 Å². The van der Waals surface area contributed by atoms with E-state index in [1.807, 2.05) is 55.5 Å². The molecular weight excluding hydrogens is 384 g/mol. The van der Waals surface area contributed by atoms with Crippen LogP contribution in [-0.4, -0.2) is 18.4 Å². The summed E-state index contributed by atoms with van der Waals surface area (Å²) in [7, 11) is 0. The van der Waals surface area contributed by atoms with E-state index >= 15 is 0 Å². The highest BCUT2D eigenvalue weighted by Gasteiger charge is 2.16. The normalized spacial score (nSPS) is 10.9. The van der Waals surface area contributed by atoms with Crippen molar-refractivity contribution >= 4 is 50.9 Å². The number of nitrogens with one attached hydrogen (secondary N) is 2. The molecule has 138 valence electrons. The van der Waals surface area contributed by atoms with Gasteiger partial charge in [0.25, 0.3) is 11.8 Å². The van der Waals surface area contributed by atoms with Crippen LogP contribution in [0.2, 0.25) is 5.02 Å². The average Bonchev–Trinajstić information content (AvgIpc) is 3.03. The zero-order valence-corrected chi connectivity index (χ0v) is 16.1. The third kappa shape index (κ3) is 4.67. The summed E-state index contributed by atoms with van der Waals surface area (Å²) in [5.74, 6) is -0.134. The van der Waals surface area contributed by atoms with E-state index in [9.17, 15) is 9.59 Å². The van der Waals surface area contributed by atoms with E-state index in [2.05, 4.69) is 10.9 Å². The Kier molecular flexibility index (Phi) is 6.11. The first-order chi connectivity index (χ1) is 13.1. The minimum absolute atomic E-state index is 0.355. The van der Waals surface area contributed by atoms with Gasteiger partial charge in [0, 0.05) is 16.2 Å².